The van der Waals surface area contributed by atoms with Crippen LogP contribution in [0.4, 0.5) is 0 Å². The van der Waals surface area contributed by atoms with Gasteiger partial charge in [0, 0.05) is 12.4 Å². The standard InChI is InChI=1S/C18H20N2O3/c1-19-10-5-11-23-15-9-8-14-16(18(15)22)17(21)12-6-3-4-7-13(12)20(14)2/h3-4,6-9,19,22H,5,10-11H2,1-2H3. The molecule has 2 N–H and O–H groups in total. The fraction of sp³-hybridized carbons (Fsp3) is 0.278. The Bertz CT molecular complexity index is 915. The highest BCUT2D eigenvalue weighted by atomic mass is 16.5. The van der Waals surface area contributed by atoms with Crippen LogP contribution < -0.4 is 15.5 Å². The van der Waals surface area contributed by atoms with Gasteiger partial charge in [-0.1, -0.05) is 12.1 Å². The molecule has 1 heterocycles. The van der Waals surface area contributed by atoms with E-state index < -0.39 is 0 Å². The van der Waals surface area contributed by atoms with E-state index in [4.69, 9.17) is 4.74 Å². The minimum atomic E-state index is -0.174. The number of hydrogen-bond donors (Lipinski definition) is 2. The summed E-state index contributed by atoms with van der Waals surface area (Å²) >= 11 is 0. The summed E-state index contributed by atoms with van der Waals surface area (Å²) in [6.07, 6.45) is 0.823. The van der Waals surface area contributed by atoms with Crippen molar-refractivity contribution < 1.29 is 9.84 Å². The van der Waals surface area contributed by atoms with Crippen LogP contribution in [0.2, 0.25) is 0 Å². The van der Waals surface area contributed by atoms with Gasteiger partial charge in [-0.25, -0.2) is 0 Å². The van der Waals surface area contributed by atoms with Crippen LogP contribution in [0.15, 0.2) is 41.2 Å². The van der Waals surface area contributed by atoms with E-state index in [1.54, 1.807) is 12.1 Å². The van der Waals surface area contributed by atoms with Gasteiger partial charge >= 0.3 is 0 Å². The summed E-state index contributed by atoms with van der Waals surface area (Å²) in [6.45, 7) is 1.31. The first-order chi connectivity index (χ1) is 11.1. The summed E-state index contributed by atoms with van der Waals surface area (Å²) in [4.78, 5) is 12.8. The number of phenols is 1. The van der Waals surface area contributed by atoms with Crippen molar-refractivity contribution in [2.75, 3.05) is 20.2 Å². The van der Waals surface area contributed by atoms with Crippen molar-refractivity contribution in [1.82, 2.24) is 9.88 Å². The van der Waals surface area contributed by atoms with Crippen LogP contribution >= 0.6 is 0 Å². The van der Waals surface area contributed by atoms with E-state index in [1.165, 1.54) is 0 Å². The summed E-state index contributed by atoms with van der Waals surface area (Å²) in [6, 6.07) is 10.9. The molecule has 0 amide bonds. The number of benzene rings is 2. The molecule has 0 fully saturated rings. The lowest BCUT2D eigenvalue weighted by Gasteiger charge is -2.14. The lowest BCUT2D eigenvalue weighted by atomic mass is 10.1. The van der Waals surface area contributed by atoms with E-state index in [0.717, 1.165) is 18.5 Å². The highest BCUT2D eigenvalue weighted by molar-refractivity contribution is 5.97. The average molecular weight is 312 g/mol. The molecular formula is C18H20N2O3. The number of aromatic nitrogens is 1. The normalized spacial score (nSPS) is 11.2. The van der Waals surface area contributed by atoms with Crippen LogP contribution in [0.25, 0.3) is 21.8 Å². The number of fused-ring (bicyclic) bond motifs is 2. The van der Waals surface area contributed by atoms with Crippen molar-refractivity contribution in [3.63, 3.8) is 0 Å². The molecule has 5 heteroatoms. The molecule has 0 saturated carbocycles. The van der Waals surface area contributed by atoms with Crippen LogP contribution in [0.3, 0.4) is 0 Å². The molecule has 3 aromatic rings. The van der Waals surface area contributed by atoms with E-state index in [2.05, 4.69) is 5.32 Å². The molecule has 0 radical (unpaired) electrons. The van der Waals surface area contributed by atoms with Crippen molar-refractivity contribution in [3.8, 4) is 11.5 Å². The van der Waals surface area contributed by atoms with Gasteiger partial charge in [0.2, 0.25) is 5.43 Å². The number of pyridine rings is 1. The first kappa shape index (κ1) is 15.4. The molecule has 0 aliphatic carbocycles. The number of para-hydroxylation sites is 1. The van der Waals surface area contributed by atoms with Crippen LogP contribution in [0.5, 0.6) is 11.5 Å². The SMILES string of the molecule is CNCCCOc1ccc2c(c1O)c(=O)c1ccccc1n2C. The van der Waals surface area contributed by atoms with Crippen molar-refractivity contribution in [2.24, 2.45) is 7.05 Å². The molecule has 0 unspecified atom stereocenters. The zero-order valence-corrected chi connectivity index (χ0v) is 13.3. The maximum atomic E-state index is 12.8. The molecule has 2 aromatic carbocycles. The van der Waals surface area contributed by atoms with E-state index in [0.29, 0.717) is 28.6 Å². The second-order valence-corrected chi connectivity index (χ2v) is 5.52. The third kappa shape index (κ3) is 2.64. The first-order valence-electron chi connectivity index (χ1n) is 7.66. The minimum Gasteiger partial charge on any atom is -0.504 e. The van der Waals surface area contributed by atoms with Crippen LogP contribution in [0, 0.1) is 0 Å². The van der Waals surface area contributed by atoms with Crippen LogP contribution in [-0.4, -0.2) is 29.9 Å². The quantitative estimate of drug-likeness (QED) is 0.561. The summed E-state index contributed by atoms with van der Waals surface area (Å²) < 4.78 is 7.53. The molecule has 0 aliphatic rings. The molecule has 0 saturated heterocycles. The summed E-state index contributed by atoms with van der Waals surface area (Å²) in [5.74, 6) is 0.263. The molecule has 0 spiro atoms. The van der Waals surface area contributed by atoms with Gasteiger partial charge in [0.25, 0.3) is 0 Å². The van der Waals surface area contributed by atoms with Crippen molar-refractivity contribution in [3.05, 3.63) is 46.6 Å². The van der Waals surface area contributed by atoms with Gasteiger partial charge in [0.15, 0.2) is 11.5 Å². The molecule has 5 nitrogen and oxygen atoms in total. The molecule has 0 atom stereocenters. The monoisotopic (exact) mass is 312 g/mol. The van der Waals surface area contributed by atoms with Gasteiger partial charge in [0.1, 0.15) is 0 Å². The number of rotatable bonds is 5. The fourth-order valence-corrected chi connectivity index (χ4v) is 2.83. The van der Waals surface area contributed by atoms with Gasteiger partial charge in [0.05, 0.1) is 23.0 Å². The predicted molar refractivity (Wildman–Crippen MR) is 92.4 cm³/mol. The zero-order chi connectivity index (χ0) is 16.4. The number of hydrogen-bond acceptors (Lipinski definition) is 4. The van der Waals surface area contributed by atoms with Crippen molar-refractivity contribution in [2.45, 2.75) is 6.42 Å². The summed E-state index contributed by atoms with van der Waals surface area (Å²) in [7, 11) is 3.76. The third-order valence-electron chi connectivity index (χ3n) is 4.05. The van der Waals surface area contributed by atoms with Crippen molar-refractivity contribution in [1.29, 1.82) is 0 Å². The maximum absolute atomic E-state index is 12.8. The molecule has 120 valence electrons. The second-order valence-electron chi connectivity index (χ2n) is 5.52. The van der Waals surface area contributed by atoms with Gasteiger partial charge in [-0.05, 0) is 44.3 Å². The van der Waals surface area contributed by atoms with Crippen LogP contribution in [0.1, 0.15) is 6.42 Å². The number of nitrogens with zero attached hydrogens (tertiary/aromatic N) is 1. The molecule has 0 aliphatic heterocycles. The minimum absolute atomic E-state index is 0.0849. The van der Waals surface area contributed by atoms with E-state index in [1.807, 2.05) is 42.9 Å². The Kier molecular flexibility index (Phi) is 4.21. The summed E-state index contributed by atoms with van der Waals surface area (Å²) in [5, 5.41) is 14.4. The van der Waals surface area contributed by atoms with E-state index in [9.17, 15) is 9.90 Å². The zero-order valence-electron chi connectivity index (χ0n) is 13.3. The topological polar surface area (TPSA) is 63.5 Å². The molecular weight excluding hydrogens is 292 g/mol. The van der Waals surface area contributed by atoms with E-state index in [-0.39, 0.29) is 11.2 Å². The summed E-state index contributed by atoms with van der Waals surface area (Å²) in [5.41, 5.74) is 1.35. The van der Waals surface area contributed by atoms with Gasteiger partial charge in [-0.15, -0.1) is 0 Å². The Labute approximate surface area is 134 Å². The number of ether oxygens (including phenoxy) is 1. The number of nitrogens with one attached hydrogen (secondary N) is 1. The number of aryl methyl sites for hydroxylation is 1. The molecule has 0 bridgehead atoms. The highest BCUT2D eigenvalue weighted by Crippen LogP contribution is 2.33. The Morgan fingerprint density at radius 1 is 1.17 bits per heavy atom. The fourth-order valence-electron chi connectivity index (χ4n) is 2.83. The first-order valence-corrected chi connectivity index (χ1v) is 7.66. The Morgan fingerprint density at radius 3 is 2.74 bits per heavy atom. The Morgan fingerprint density at radius 2 is 1.96 bits per heavy atom. The lowest BCUT2D eigenvalue weighted by Crippen LogP contribution is -2.12. The second kappa shape index (κ2) is 6.30. The van der Waals surface area contributed by atoms with Gasteiger partial charge in [-0.3, -0.25) is 4.79 Å². The average Bonchev–Trinajstić information content (AvgIpc) is 2.57. The lowest BCUT2D eigenvalue weighted by molar-refractivity contribution is 0.294. The molecule has 3 rings (SSSR count). The Hall–Kier alpha value is -2.53. The van der Waals surface area contributed by atoms with E-state index >= 15 is 0 Å². The highest BCUT2D eigenvalue weighted by Gasteiger charge is 2.15. The number of aromatic hydroxyl groups is 1. The Balaban J connectivity index is 2.15. The van der Waals surface area contributed by atoms with Gasteiger partial charge in [-0.2, -0.15) is 0 Å². The smallest absolute Gasteiger partial charge is 0.201 e. The molecule has 1 aromatic heterocycles. The number of phenolic OH excluding ortho intramolecular Hbond substituents is 1. The third-order valence-corrected chi connectivity index (χ3v) is 4.05. The molecule has 23 heavy (non-hydrogen) atoms. The van der Waals surface area contributed by atoms with Crippen molar-refractivity contribution >= 4 is 21.8 Å². The van der Waals surface area contributed by atoms with Crippen LogP contribution in [-0.2, 0) is 7.05 Å². The largest absolute Gasteiger partial charge is 0.504 e. The van der Waals surface area contributed by atoms with Gasteiger partial charge < -0.3 is 19.7 Å². The predicted octanol–water partition coefficient (Wildman–Crippen LogP) is 2.39. The maximum Gasteiger partial charge on any atom is 0.201 e.